The van der Waals surface area contributed by atoms with Crippen molar-refractivity contribution in [1.29, 1.82) is 0 Å². The van der Waals surface area contributed by atoms with Crippen LogP contribution in [0.5, 0.6) is 5.75 Å². The first-order valence-corrected chi connectivity index (χ1v) is 10.5. The summed E-state index contributed by atoms with van der Waals surface area (Å²) in [4.78, 5) is 24.3. The SMILES string of the molecule is Cc1cc2nn(-c3cccc4ccccc34)nc2cc1NC(=O)COc1ccc([N+](=O)[O-])cc1. The molecule has 0 saturated heterocycles. The van der Waals surface area contributed by atoms with E-state index in [1.807, 2.05) is 55.5 Å². The standard InChI is InChI=1S/C25H19N5O4/c1-16-13-22-23(28-29(27-22)24-8-4-6-17-5-2-3-7-20(17)24)14-21(16)26-25(31)15-34-19-11-9-18(10-12-19)30(32)33/h2-14H,15H2,1H3,(H,26,31). The lowest BCUT2D eigenvalue weighted by Gasteiger charge is -2.09. The van der Waals surface area contributed by atoms with Gasteiger partial charge in [-0.2, -0.15) is 0 Å². The van der Waals surface area contributed by atoms with Gasteiger partial charge >= 0.3 is 0 Å². The average molecular weight is 453 g/mol. The third-order valence-corrected chi connectivity index (χ3v) is 5.40. The number of carbonyl (C=O) groups excluding carboxylic acids is 1. The Balaban J connectivity index is 1.34. The summed E-state index contributed by atoms with van der Waals surface area (Å²) in [6.45, 7) is 1.64. The lowest BCUT2D eigenvalue weighted by molar-refractivity contribution is -0.384. The summed E-state index contributed by atoms with van der Waals surface area (Å²) < 4.78 is 5.44. The van der Waals surface area contributed by atoms with Crippen molar-refractivity contribution in [3.05, 3.63) is 94.5 Å². The summed E-state index contributed by atoms with van der Waals surface area (Å²) in [5, 5.41) is 25.0. The molecule has 0 radical (unpaired) electrons. The maximum atomic E-state index is 12.4. The molecule has 0 fully saturated rings. The van der Waals surface area contributed by atoms with Crippen LogP contribution in [0, 0.1) is 17.0 Å². The van der Waals surface area contributed by atoms with Crippen LogP contribution in [0.15, 0.2) is 78.9 Å². The molecule has 1 heterocycles. The van der Waals surface area contributed by atoms with Crippen molar-refractivity contribution in [1.82, 2.24) is 15.0 Å². The zero-order valence-electron chi connectivity index (χ0n) is 18.1. The van der Waals surface area contributed by atoms with E-state index in [1.165, 1.54) is 24.3 Å². The van der Waals surface area contributed by atoms with Crippen molar-refractivity contribution in [2.45, 2.75) is 6.92 Å². The first-order valence-electron chi connectivity index (χ1n) is 10.5. The maximum absolute atomic E-state index is 12.4. The van der Waals surface area contributed by atoms with Gasteiger partial charge in [0.2, 0.25) is 0 Å². The van der Waals surface area contributed by atoms with Gasteiger partial charge in [0.25, 0.3) is 11.6 Å². The highest BCUT2D eigenvalue weighted by molar-refractivity contribution is 5.95. The molecule has 0 saturated carbocycles. The lowest BCUT2D eigenvalue weighted by atomic mass is 10.1. The van der Waals surface area contributed by atoms with Gasteiger partial charge < -0.3 is 10.1 Å². The Labute approximate surface area is 193 Å². The first kappa shape index (κ1) is 21.1. The minimum absolute atomic E-state index is 0.0442. The number of hydrogen-bond acceptors (Lipinski definition) is 6. The molecule has 1 N–H and O–H groups in total. The molecule has 1 aromatic heterocycles. The Morgan fingerprint density at radius 1 is 1.00 bits per heavy atom. The Hall–Kier alpha value is -4.79. The fourth-order valence-corrected chi connectivity index (χ4v) is 3.69. The Kier molecular flexibility index (Phi) is 5.35. The van der Waals surface area contributed by atoms with Gasteiger partial charge in [-0.3, -0.25) is 14.9 Å². The Bertz CT molecular complexity index is 1540. The Morgan fingerprint density at radius 3 is 2.47 bits per heavy atom. The number of aromatic nitrogens is 3. The number of ether oxygens (including phenoxy) is 1. The molecular weight excluding hydrogens is 434 g/mol. The number of rotatable bonds is 6. The van der Waals surface area contributed by atoms with Crippen molar-refractivity contribution >= 4 is 39.1 Å². The van der Waals surface area contributed by atoms with Crippen molar-refractivity contribution < 1.29 is 14.5 Å². The fourth-order valence-electron chi connectivity index (χ4n) is 3.69. The second-order valence-corrected chi connectivity index (χ2v) is 7.73. The molecule has 0 aliphatic heterocycles. The zero-order chi connectivity index (χ0) is 23.7. The number of aryl methyl sites for hydroxylation is 1. The van der Waals surface area contributed by atoms with Crippen LogP contribution in [-0.4, -0.2) is 32.4 Å². The van der Waals surface area contributed by atoms with Crippen LogP contribution in [0.4, 0.5) is 11.4 Å². The summed E-state index contributed by atoms with van der Waals surface area (Å²) in [6, 6.07) is 23.2. The normalized spacial score (nSPS) is 11.0. The maximum Gasteiger partial charge on any atom is 0.269 e. The molecule has 0 atom stereocenters. The lowest BCUT2D eigenvalue weighted by Crippen LogP contribution is -2.20. The molecule has 0 unspecified atom stereocenters. The van der Waals surface area contributed by atoms with E-state index >= 15 is 0 Å². The molecule has 5 rings (SSSR count). The van der Waals surface area contributed by atoms with E-state index in [0.717, 1.165) is 22.0 Å². The number of nitrogens with one attached hydrogen (secondary N) is 1. The zero-order valence-corrected chi connectivity index (χ0v) is 18.1. The van der Waals surface area contributed by atoms with Crippen LogP contribution >= 0.6 is 0 Å². The predicted octanol–water partition coefficient (Wildman–Crippen LogP) is 4.81. The van der Waals surface area contributed by atoms with Gasteiger partial charge in [-0.05, 0) is 48.2 Å². The number of hydrogen-bond donors (Lipinski definition) is 1. The number of amides is 1. The highest BCUT2D eigenvalue weighted by Crippen LogP contribution is 2.25. The molecular formula is C25H19N5O4. The van der Waals surface area contributed by atoms with Crippen LogP contribution in [0.3, 0.4) is 0 Å². The number of fused-ring (bicyclic) bond motifs is 2. The van der Waals surface area contributed by atoms with Gasteiger partial charge in [-0.15, -0.1) is 15.0 Å². The molecule has 0 bridgehead atoms. The summed E-state index contributed by atoms with van der Waals surface area (Å²) in [5.41, 5.74) is 3.62. The van der Waals surface area contributed by atoms with Gasteiger partial charge in [0.05, 0.1) is 10.6 Å². The van der Waals surface area contributed by atoms with Crippen molar-refractivity contribution in [3.8, 4) is 11.4 Å². The molecule has 0 aliphatic rings. The minimum Gasteiger partial charge on any atom is -0.484 e. The largest absolute Gasteiger partial charge is 0.484 e. The quantitative estimate of drug-likeness (QED) is 0.292. The molecule has 0 aliphatic carbocycles. The van der Waals surface area contributed by atoms with Crippen LogP contribution in [0.1, 0.15) is 5.56 Å². The number of anilines is 1. The minimum atomic E-state index is -0.494. The van der Waals surface area contributed by atoms with Crippen LogP contribution in [0.25, 0.3) is 27.5 Å². The van der Waals surface area contributed by atoms with Gasteiger partial charge in [0, 0.05) is 23.2 Å². The summed E-state index contributed by atoms with van der Waals surface area (Å²) in [7, 11) is 0. The summed E-state index contributed by atoms with van der Waals surface area (Å²) in [5.74, 6) is 0.00760. The van der Waals surface area contributed by atoms with E-state index in [2.05, 4.69) is 15.5 Å². The number of nitro benzene ring substituents is 1. The monoisotopic (exact) mass is 453 g/mol. The van der Waals surface area contributed by atoms with E-state index < -0.39 is 4.92 Å². The average Bonchev–Trinajstić information content (AvgIpc) is 3.25. The van der Waals surface area contributed by atoms with Crippen molar-refractivity contribution in [3.63, 3.8) is 0 Å². The van der Waals surface area contributed by atoms with Gasteiger partial charge in [-0.1, -0.05) is 36.4 Å². The van der Waals surface area contributed by atoms with Crippen LogP contribution in [-0.2, 0) is 4.79 Å². The van der Waals surface area contributed by atoms with E-state index in [-0.39, 0.29) is 18.2 Å². The third-order valence-electron chi connectivity index (χ3n) is 5.40. The number of non-ortho nitro benzene ring substituents is 1. The molecule has 9 nitrogen and oxygen atoms in total. The number of nitrogens with zero attached hydrogens (tertiary/aromatic N) is 4. The fraction of sp³-hybridized carbons (Fsp3) is 0.0800. The highest BCUT2D eigenvalue weighted by atomic mass is 16.6. The smallest absolute Gasteiger partial charge is 0.269 e. The molecule has 1 amide bonds. The predicted molar refractivity (Wildman–Crippen MR) is 128 cm³/mol. The van der Waals surface area contributed by atoms with Crippen molar-refractivity contribution in [2.75, 3.05) is 11.9 Å². The topological polar surface area (TPSA) is 112 Å². The summed E-state index contributed by atoms with van der Waals surface area (Å²) in [6.07, 6.45) is 0. The third kappa shape index (κ3) is 4.14. The number of nitro groups is 1. The second kappa shape index (κ2) is 8.62. The highest BCUT2D eigenvalue weighted by Gasteiger charge is 2.13. The van der Waals surface area contributed by atoms with Crippen LogP contribution in [0.2, 0.25) is 0 Å². The molecule has 4 aromatic carbocycles. The summed E-state index contributed by atoms with van der Waals surface area (Å²) >= 11 is 0. The van der Waals surface area contributed by atoms with E-state index in [4.69, 9.17) is 4.74 Å². The molecule has 9 heteroatoms. The first-order chi connectivity index (χ1) is 16.5. The molecule has 34 heavy (non-hydrogen) atoms. The second-order valence-electron chi connectivity index (χ2n) is 7.73. The number of carbonyl (C=O) groups is 1. The molecule has 168 valence electrons. The number of benzene rings is 4. The van der Waals surface area contributed by atoms with Gasteiger partial charge in [0.1, 0.15) is 16.8 Å². The van der Waals surface area contributed by atoms with E-state index in [9.17, 15) is 14.9 Å². The van der Waals surface area contributed by atoms with E-state index in [1.54, 1.807) is 10.9 Å². The van der Waals surface area contributed by atoms with Crippen LogP contribution < -0.4 is 10.1 Å². The molecule has 0 spiro atoms. The van der Waals surface area contributed by atoms with E-state index in [0.29, 0.717) is 22.5 Å². The van der Waals surface area contributed by atoms with Gasteiger partial charge in [0.15, 0.2) is 6.61 Å². The Morgan fingerprint density at radius 2 is 1.71 bits per heavy atom. The van der Waals surface area contributed by atoms with Gasteiger partial charge in [-0.25, -0.2) is 0 Å². The molecule has 5 aromatic rings. The van der Waals surface area contributed by atoms with Crippen molar-refractivity contribution in [2.24, 2.45) is 0 Å².